The Hall–Kier alpha value is -4.69. The fourth-order valence-corrected chi connectivity index (χ4v) is 10.4. The van der Waals surface area contributed by atoms with Crippen molar-refractivity contribution in [3.05, 3.63) is 96.0 Å². The van der Waals surface area contributed by atoms with Gasteiger partial charge < -0.3 is 30.7 Å². The van der Waals surface area contributed by atoms with Crippen molar-refractivity contribution in [1.29, 1.82) is 0 Å². The lowest BCUT2D eigenvalue weighted by Crippen LogP contribution is -2.67. The van der Waals surface area contributed by atoms with Crippen LogP contribution in [0.5, 0.6) is 0 Å². The zero-order valence-electron chi connectivity index (χ0n) is 26.6. The zero-order chi connectivity index (χ0) is 34.2. The predicted octanol–water partition coefficient (Wildman–Crippen LogP) is 3.03. The maximum atomic E-state index is 13.1. The highest BCUT2D eigenvalue weighted by Crippen LogP contribution is 2.36. The van der Waals surface area contributed by atoms with Gasteiger partial charge in [0, 0.05) is 23.6 Å². The minimum absolute atomic E-state index is 0.0178. The van der Waals surface area contributed by atoms with Gasteiger partial charge in [0.05, 0.1) is 6.61 Å². The Bertz CT molecular complexity index is 1650. The van der Waals surface area contributed by atoms with Crippen LogP contribution in [-0.4, -0.2) is 62.4 Å². The molecule has 2 atom stereocenters. The molecule has 0 fully saturated rings. The van der Waals surface area contributed by atoms with Crippen LogP contribution in [0.25, 0.3) is 10.6 Å². The summed E-state index contributed by atoms with van der Waals surface area (Å²) in [5.74, 6) is -3.64. The third kappa shape index (κ3) is 8.57. The number of hydrogen-bond donors (Lipinski definition) is 3. The van der Waals surface area contributed by atoms with Crippen LogP contribution in [-0.2, 0) is 28.3 Å². The van der Waals surface area contributed by atoms with E-state index in [4.69, 9.17) is 25.4 Å². The molecule has 246 valence electrons. The largest absolute Gasteiger partial charge is 0.463 e. The summed E-state index contributed by atoms with van der Waals surface area (Å²) in [6.07, 6.45) is 0. The van der Waals surface area contributed by atoms with E-state index < -0.39 is 50.8 Å². The van der Waals surface area contributed by atoms with Gasteiger partial charge in [-0.15, -0.1) is 11.3 Å². The van der Waals surface area contributed by atoms with Gasteiger partial charge in [-0.2, -0.15) is 0 Å². The minimum Gasteiger partial charge on any atom is -0.463 e. The van der Waals surface area contributed by atoms with Crippen molar-refractivity contribution in [2.24, 2.45) is 5.73 Å². The molecule has 1 aromatic heterocycles. The molecule has 3 aromatic carbocycles. The first-order valence-electron chi connectivity index (χ1n) is 14.8. The molecule has 0 bridgehead atoms. The van der Waals surface area contributed by atoms with Crippen molar-refractivity contribution < 1.29 is 33.1 Å². The van der Waals surface area contributed by atoms with Crippen LogP contribution in [0.3, 0.4) is 0 Å². The van der Waals surface area contributed by atoms with Crippen molar-refractivity contribution in [2.75, 3.05) is 18.9 Å². The molecule has 0 radical (unpaired) electrons. The maximum Gasteiger partial charge on any atom is 0.339 e. The SMILES string of the molecule is CC(=O)OC[C@H](NC(=O)c1csc(-c2ccc(N)cc2)n1)C(=O)OC(=O)[C@@H](N)CO[Si](c1ccccc1)(c1ccccc1)C(C)(C)C. The number of hydrogen-bond acceptors (Lipinski definition) is 11. The molecule has 13 heteroatoms. The van der Waals surface area contributed by atoms with Crippen molar-refractivity contribution in [2.45, 2.75) is 44.8 Å². The van der Waals surface area contributed by atoms with E-state index >= 15 is 0 Å². The van der Waals surface area contributed by atoms with Gasteiger partial charge in [0.15, 0.2) is 6.04 Å². The highest BCUT2D eigenvalue weighted by atomic mass is 32.1. The number of ether oxygens (including phenoxy) is 2. The fraction of sp³-hybridized carbons (Fsp3) is 0.265. The lowest BCUT2D eigenvalue weighted by Gasteiger charge is -2.43. The average Bonchev–Trinajstić information content (AvgIpc) is 3.54. The molecule has 0 spiro atoms. The summed E-state index contributed by atoms with van der Waals surface area (Å²) in [6.45, 7) is 6.57. The molecule has 4 aromatic rings. The van der Waals surface area contributed by atoms with Crippen LogP contribution in [0.4, 0.5) is 5.69 Å². The van der Waals surface area contributed by atoms with Crippen LogP contribution >= 0.6 is 11.3 Å². The number of carbonyl (C=O) groups is 4. The Morgan fingerprint density at radius 3 is 1.98 bits per heavy atom. The number of aromatic nitrogens is 1. The van der Waals surface area contributed by atoms with E-state index in [1.54, 1.807) is 24.3 Å². The summed E-state index contributed by atoms with van der Waals surface area (Å²) >= 11 is 1.22. The highest BCUT2D eigenvalue weighted by Gasteiger charge is 2.50. The fourth-order valence-electron chi connectivity index (χ4n) is 5.03. The zero-order valence-corrected chi connectivity index (χ0v) is 28.4. The Morgan fingerprint density at radius 2 is 1.45 bits per heavy atom. The van der Waals surface area contributed by atoms with Gasteiger partial charge in [0.1, 0.15) is 23.4 Å². The van der Waals surface area contributed by atoms with Crippen molar-refractivity contribution in [1.82, 2.24) is 10.3 Å². The summed E-state index contributed by atoms with van der Waals surface area (Å²) in [6, 6.07) is 23.7. The van der Waals surface area contributed by atoms with Crippen LogP contribution in [0, 0.1) is 0 Å². The van der Waals surface area contributed by atoms with Gasteiger partial charge in [-0.3, -0.25) is 9.59 Å². The number of benzene rings is 3. The Balaban J connectivity index is 1.48. The van der Waals surface area contributed by atoms with Gasteiger partial charge in [-0.1, -0.05) is 81.4 Å². The molecular weight excluding hydrogens is 637 g/mol. The highest BCUT2D eigenvalue weighted by molar-refractivity contribution is 7.13. The van der Waals surface area contributed by atoms with Gasteiger partial charge in [0.25, 0.3) is 14.2 Å². The average molecular weight is 675 g/mol. The second-order valence-electron chi connectivity index (χ2n) is 11.8. The van der Waals surface area contributed by atoms with Crippen molar-refractivity contribution in [3.8, 4) is 10.6 Å². The summed E-state index contributed by atoms with van der Waals surface area (Å²) in [5, 5.41) is 6.10. The number of nitrogens with two attached hydrogens (primary N) is 2. The van der Waals surface area contributed by atoms with Crippen LogP contribution in [0.15, 0.2) is 90.3 Å². The van der Waals surface area contributed by atoms with Gasteiger partial charge in [0.2, 0.25) is 0 Å². The molecule has 0 aliphatic rings. The van der Waals surface area contributed by atoms with Gasteiger partial charge in [-0.05, 0) is 39.7 Å². The standard InChI is InChI=1S/C34H38N4O7SSi/c1-22(39)43-20-28(37-30(40)29-21-46-31(38-29)23-15-17-24(35)18-16-23)33(42)45-32(41)27(36)19-44-47(34(2,3)4,25-11-7-5-8-12-25)26-13-9-6-10-14-26/h5-18,21,27-28H,19-20,35-36H2,1-4H3,(H,37,40)/t27-,28-/m0/s1. The molecule has 0 aliphatic heterocycles. The second-order valence-corrected chi connectivity index (χ2v) is 17.0. The number of nitrogens with zero attached hydrogens (tertiary/aromatic N) is 1. The number of nitrogens with one attached hydrogen (secondary N) is 1. The molecule has 1 amide bonds. The molecule has 1 heterocycles. The Morgan fingerprint density at radius 1 is 0.872 bits per heavy atom. The van der Waals surface area contributed by atoms with Crippen molar-refractivity contribution >= 4 is 59.5 Å². The summed E-state index contributed by atoms with van der Waals surface area (Å²) in [5.41, 5.74) is 13.3. The molecular formula is C34H38N4O7SSi. The van der Waals surface area contributed by atoms with E-state index in [0.717, 1.165) is 22.9 Å². The van der Waals surface area contributed by atoms with E-state index in [1.165, 1.54) is 16.7 Å². The number of thiazole rings is 1. The third-order valence-corrected chi connectivity index (χ3v) is 13.2. The van der Waals surface area contributed by atoms with Gasteiger partial charge >= 0.3 is 17.9 Å². The van der Waals surface area contributed by atoms with E-state index in [-0.39, 0.29) is 17.3 Å². The smallest absolute Gasteiger partial charge is 0.339 e. The predicted molar refractivity (Wildman–Crippen MR) is 182 cm³/mol. The summed E-state index contributed by atoms with van der Waals surface area (Å²) < 4.78 is 16.7. The maximum absolute atomic E-state index is 13.1. The first kappa shape index (κ1) is 35.2. The first-order chi connectivity index (χ1) is 22.3. The van der Waals surface area contributed by atoms with Crippen molar-refractivity contribution in [3.63, 3.8) is 0 Å². The number of nitrogen functional groups attached to an aromatic ring is 1. The number of anilines is 1. The van der Waals surface area contributed by atoms with E-state index in [2.05, 4.69) is 31.1 Å². The second kappa shape index (κ2) is 15.3. The topological polar surface area (TPSA) is 173 Å². The van der Waals surface area contributed by atoms with E-state index in [1.807, 2.05) is 60.7 Å². The Labute approximate surface area is 278 Å². The van der Waals surface area contributed by atoms with Gasteiger partial charge in [-0.25, -0.2) is 14.6 Å². The number of rotatable bonds is 12. The molecule has 11 nitrogen and oxygen atoms in total. The third-order valence-electron chi connectivity index (χ3n) is 7.34. The van der Waals surface area contributed by atoms with Crippen LogP contribution < -0.4 is 27.2 Å². The van der Waals surface area contributed by atoms with E-state index in [9.17, 15) is 19.2 Å². The molecule has 5 N–H and O–H groups in total. The van der Waals surface area contributed by atoms with Crippen LogP contribution in [0.1, 0.15) is 38.2 Å². The lowest BCUT2D eigenvalue weighted by atomic mass is 10.2. The monoisotopic (exact) mass is 674 g/mol. The molecule has 0 unspecified atom stereocenters. The normalized spacial score (nSPS) is 12.9. The Kier molecular flexibility index (Phi) is 11.4. The number of esters is 3. The van der Waals surface area contributed by atoms with E-state index in [0.29, 0.717) is 10.7 Å². The lowest BCUT2D eigenvalue weighted by molar-refractivity contribution is -0.163. The quantitative estimate of drug-likeness (QED) is 0.0878. The molecule has 47 heavy (non-hydrogen) atoms. The molecule has 0 saturated carbocycles. The number of amides is 1. The molecule has 0 aliphatic carbocycles. The first-order valence-corrected chi connectivity index (χ1v) is 17.6. The summed E-state index contributed by atoms with van der Waals surface area (Å²) in [7, 11) is -3.03. The molecule has 4 rings (SSSR count). The van der Waals surface area contributed by atoms with Crippen LogP contribution in [0.2, 0.25) is 5.04 Å². The summed E-state index contributed by atoms with van der Waals surface area (Å²) in [4.78, 5) is 55.1. The molecule has 0 saturated heterocycles. The minimum atomic E-state index is -3.03. The number of carbonyl (C=O) groups excluding carboxylic acids is 4.